The van der Waals surface area contributed by atoms with Crippen LogP contribution >= 0.6 is 0 Å². The lowest BCUT2D eigenvalue weighted by molar-refractivity contribution is -0.320. The Bertz CT molecular complexity index is 2420. The van der Waals surface area contributed by atoms with Crippen LogP contribution in [0.3, 0.4) is 0 Å². The van der Waals surface area contributed by atoms with Crippen molar-refractivity contribution in [2.75, 3.05) is 27.4 Å². The predicted molar refractivity (Wildman–Crippen MR) is 277 cm³/mol. The van der Waals surface area contributed by atoms with Crippen molar-refractivity contribution in [3.05, 3.63) is 228 Å². The Hall–Kier alpha value is -5.42. The number of methoxy groups -OCH3 is 2. The van der Waals surface area contributed by atoms with Crippen LogP contribution in [-0.4, -0.2) is 100 Å². The molecule has 2 saturated heterocycles. The zero-order chi connectivity index (χ0) is 50.3. The lowest BCUT2D eigenvalue weighted by atomic mass is 9.93. The Morgan fingerprint density at radius 1 is 0.397 bits per heavy atom. The highest BCUT2D eigenvalue weighted by Gasteiger charge is 2.50. The van der Waals surface area contributed by atoms with Gasteiger partial charge in [0.05, 0.1) is 65.1 Å². The molecule has 2 aliphatic heterocycles. The van der Waals surface area contributed by atoms with E-state index in [1.807, 2.05) is 194 Å². The second-order valence-corrected chi connectivity index (χ2v) is 18.3. The van der Waals surface area contributed by atoms with Gasteiger partial charge in [-0.25, -0.2) is 0 Å². The van der Waals surface area contributed by atoms with E-state index in [-0.39, 0.29) is 19.6 Å². The SMILES string of the molecule is CO[C@@H]1O[C@H](COCc2ccccc2)[C@@H](OC/C=C/C[C@@H](O)C[C@H]2O[C@H](OC)[C@H](OCc3ccccc3)[C@@H](OCc3ccccc3)[C@@H]2OCc2ccccc2)[C@H](OCc2ccccc2)[C@H]1OCc1ccccc1. The van der Waals surface area contributed by atoms with Crippen LogP contribution in [0.4, 0.5) is 0 Å². The minimum atomic E-state index is -0.824. The number of rotatable bonds is 28. The van der Waals surface area contributed by atoms with E-state index in [2.05, 4.69) is 0 Å². The first kappa shape index (κ1) is 53.9. The number of ether oxygens (including phenoxy) is 11. The summed E-state index contributed by atoms with van der Waals surface area (Å²) < 4.78 is 71.9. The third-order valence-corrected chi connectivity index (χ3v) is 12.9. The van der Waals surface area contributed by atoms with E-state index in [1.54, 1.807) is 14.2 Å². The van der Waals surface area contributed by atoms with Crippen LogP contribution < -0.4 is 0 Å². The zero-order valence-corrected chi connectivity index (χ0v) is 41.8. The minimum Gasteiger partial charge on any atom is -0.393 e. The molecule has 0 spiro atoms. The van der Waals surface area contributed by atoms with E-state index in [4.69, 9.17) is 52.1 Å². The summed E-state index contributed by atoms with van der Waals surface area (Å²) in [6.07, 6.45) is -3.03. The molecule has 0 radical (unpaired) electrons. The Balaban J connectivity index is 0.979. The van der Waals surface area contributed by atoms with Crippen LogP contribution in [0.15, 0.2) is 194 Å². The molecule has 0 aromatic heterocycles. The monoisotopic (exact) mass is 994 g/mol. The van der Waals surface area contributed by atoms with E-state index in [9.17, 15) is 5.11 Å². The molecule has 0 saturated carbocycles. The molecule has 73 heavy (non-hydrogen) atoms. The van der Waals surface area contributed by atoms with Gasteiger partial charge in [0.25, 0.3) is 0 Å². The molecule has 12 heteroatoms. The molecule has 11 atom stereocenters. The van der Waals surface area contributed by atoms with Crippen molar-refractivity contribution in [2.45, 2.75) is 120 Å². The van der Waals surface area contributed by atoms with E-state index in [1.165, 1.54) is 0 Å². The van der Waals surface area contributed by atoms with Gasteiger partial charge in [0.1, 0.15) is 42.7 Å². The highest BCUT2D eigenvalue weighted by atomic mass is 16.7. The first-order valence-corrected chi connectivity index (χ1v) is 25.2. The van der Waals surface area contributed by atoms with E-state index in [0.717, 1.165) is 33.4 Å². The molecular formula is C61H70O12. The zero-order valence-electron chi connectivity index (χ0n) is 41.8. The van der Waals surface area contributed by atoms with E-state index >= 15 is 0 Å². The second kappa shape index (κ2) is 29.5. The molecule has 0 aliphatic carbocycles. The van der Waals surface area contributed by atoms with Gasteiger partial charge in [-0.05, 0) is 39.8 Å². The van der Waals surface area contributed by atoms with Crippen molar-refractivity contribution in [3.63, 3.8) is 0 Å². The molecular weight excluding hydrogens is 925 g/mol. The average molecular weight is 995 g/mol. The Morgan fingerprint density at radius 2 is 0.726 bits per heavy atom. The molecule has 386 valence electrons. The fourth-order valence-electron chi connectivity index (χ4n) is 9.15. The van der Waals surface area contributed by atoms with Gasteiger partial charge < -0.3 is 57.2 Å². The van der Waals surface area contributed by atoms with Gasteiger partial charge in [0.15, 0.2) is 12.6 Å². The van der Waals surface area contributed by atoms with Crippen LogP contribution in [0, 0.1) is 0 Å². The maximum absolute atomic E-state index is 11.8. The van der Waals surface area contributed by atoms with Gasteiger partial charge in [-0.2, -0.15) is 0 Å². The van der Waals surface area contributed by atoms with Crippen LogP contribution in [0.5, 0.6) is 0 Å². The van der Waals surface area contributed by atoms with Gasteiger partial charge in [0.2, 0.25) is 0 Å². The van der Waals surface area contributed by atoms with Crippen molar-refractivity contribution in [1.29, 1.82) is 0 Å². The van der Waals surface area contributed by atoms with Crippen LogP contribution in [0.25, 0.3) is 0 Å². The number of hydrogen-bond acceptors (Lipinski definition) is 12. The quantitative estimate of drug-likeness (QED) is 0.0471. The lowest BCUT2D eigenvalue weighted by Crippen LogP contribution is -2.61. The summed E-state index contributed by atoms with van der Waals surface area (Å²) in [5, 5.41) is 11.8. The van der Waals surface area contributed by atoms with Gasteiger partial charge in [-0.3, -0.25) is 0 Å². The van der Waals surface area contributed by atoms with Crippen molar-refractivity contribution in [3.8, 4) is 0 Å². The Labute approximate surface area is 430 Å². The lowest BCUT2D eigenvalue weighted by Gasteiger charge is -2.46. The van der Waals surface area contributed by atoms with Gasteiger partial charge in [-0.1, -0.05) is 194 Å². The standard InChI is InChI=1S/C61H70O12/c1-63-60-58(70-42-49-31-17-7-18-32-49)56(68-40-47-27-13-5-14-28-47)54(67-39-46-25-11-4-12-26-46)52(72-60)37-51(62)35-21-22-36-66-55-53(44-65-38-45-23-9-3-10-24-45)73-61(64-2)59(71-43-50-33-19-8-20-34-50)57(55)69-41-48-29-15-6-16-30-48/h3-34,51-62H,35-44H2,1-2H3/b22-21+/t51-,52-,53-,54-,55-,56+,57+,58-,59-,60+,61-/m1/s1. The third-order valence-electron chi connectivity index (χ3n) is 12.9. The molecule has 2 fully saturated rings. The second-order valence-electron chi connectivity index (χ2n) is 18.3. The molecule has 0 unspecified atom stereocenters. The molecule has 8 rings (SSSR count). The average Bonchev–Trinajstić information content (AvgIpc) is 3.44. The van der Waals surface area contributed by atoms with Gasteiger partial charge in [0, 0.05) is 20.6 Å². The molecule has 6 aromatic carbocycles. The molecule has 2 aliphatic rings. The maximum atomic E-state index is 11.8. The summed E-state index contributed by atoms with van der Waals surface area (Å²) in [6, 6.07) is 59.9. The fraction of sp³-hybridized carbons (Fsp3) is 0.377. The van der Waals surface area contributed by atoms with Crippen LogP contribution in [0.1, 0.15) is 46.2 Å². The van der Waals surface area contributed by atoms with Crippen molar-refractivity contribution < 1.29 is 57.2 Å². The van der Waals surface area contributed by atoms with Gasteiger partial charge in [-0.15, -0.1) is 0 Å². The molecule has 2 heterocycles. The summed E-state index contributed by atoms with van der Waals surface area (Å²) in [4.78, 5) is 0. The molecule has 0 bridgehead atoms. The molecule has 6 aromatic rings. The van der Waals surface area contributed by atoms with Crippen molar-refractivity contribution in [2.24, 2.45) is 0 Å². The predicted octanol–water partition coefficient (Wildman–Crippen LogP) is 9.96. The van der Waals surface area contributed by atoms with Crippen molar-refractivity contribution >= 4 is 0 Å². The number of benzene rings is 6. The summed E-state index contributed by atoms with van der Waals surface area (Å²) in [5.41, 5.74) is 6.05. The highest BCUT2D eigenvalue weighted by molar-refractivity contribution is 5.18. The first-order chi connectivity index (χ1) is 36.0. The third kappa shape index (κ3) is 16.5. The Morgan fingerprint density at radius 3 is 1.11 bits per heavy atom. The normalized spacial score (nSPS) is 24.6. The summed E-state index contributed by atoms with van der Waals surface area (Å²) in [5.74, 6) is 0. The largest absolute Gasteiger partial charge is 0.393 e. The topological polar surface area (TPSA) is 122 Å². The molecule has 12 nitrogen and oxygen atoms in total. The molecule has 1 N–H and O–H groups in total. The van der Waals surface area contributed by atoms with E-state index in [0.29, 0.717) is 46.1 Å². The minimum absolute atomic E-state index is 0.189. The number of aliphatic hydroxyl groups is 1. The molecule has 0 amide bonds. The smallest absolute Gasteiger partial charge is 0.186 e. The Kier molecular flexibility index (Phi) is 21.7. The number of aliphatic hydroxyl groups excluding tert-OH is 1. The summed E-state index contributed by atoms with van der Waals surface area (Å²) >= 11 is 0. The van der Waals surface area contributed by atoms with Crippen molar-refractivity contribution in [1.82, 2.24) is 0 Å². The summed E-state index contributed by atoms with van der Waals surface area (Å²) in [7, 11) is 3.21. The van der Waals surface area contributed by atoms with Crippen LogP contribution in [-0.2, 0) is 91.7 Å². The maximum Gasteiger partial charge on any atom is 0.186 e. The first-order valence-electron chi connectivity index (χ1n) is 25.2. The van der Waals surface area contributed by atoms with Crippen LogP contribution in [0.2, 0.25) is 0 Å². The number of hydrogen-bond donors (Lipinski definition) is 1. The van der Waals surface area contributed by atoms with E-state index < -0.39 is 67.5 Å². The van der Waals surface area contributed by atoms with Gasteiger partial charge >= 0.3 is 0 Å². The highest BCUT2D eigenvalue weighted by Crippen LogP contribution is 2.34. The fourth-order valence-corrected chi connectivity index (χ4v) is 9.15. The summed E-state index contributed by atoms with van der Waals surface area (Å²) in [6.45, 7) is 2.35.